The number of benzene rings is 4. The second-order valence-corrected chi connectivity index (χ2v) is 12.6. The van der Waals surface area contributed by atoms with E-state index in [2.05, 4.69) is 38.2 Å². The molecule has 1 amide bonds. The van der Waals surface area contributed by atoms with Gasteiger partial charge in [-0.3, -0.25) is 9.10 Å². The average molecular weight is 557 g/mol. The summed E-state index contributed by atoms with van der Waals surface area (Å²) in [6, 6.07) is 30.3. The van der Waals surface area contributed by atoms with E-state index in [0.29, 0.717) is 11.4 Å². The topological polar surface area (TPSA) is 75.7 Å². The first-order valence-electron chi connectivity index (χ1n) is 13.2. The van der Waals surface area contributed by atoms with E-state index in [1.807, 2.05) is 49.4 Å². The van der Waals surface area contributed by atoms with Crippen LogP contribution in [0.1, 0.15) is 60.8 Å². The number of sulfonamides is 1. The van der Waals surface area contributed by atoms with Gasteiger partial charge in [-0.25, -0.2) is 8.42 Å². The predicted octanol–water partition coefficient (Wildman–Crippen LogP) is 6.88. The van der Waals surface area contributed by atoms with Crippen molar-refractivity contribution in [3.05, 3.63) is 125 Å². The Hall–Kier alpha value is -4.10. The number of nitrogens with one attached hydrogen (secondary N) is 1. The summed E-state index contributed by atoms with van der Waals surface area (Å²) < 4.78 is 34.5. The van der Waals surface area contributed by atoms with Crippen molar-refractivity contribution in [2.45, 2.75) is 50.6 Å². The zero-order valence-corrected chi connectivity index (χ0v) is 24.4. The molecule has 0 saturated heterocycles. The Labute approximate surface area is 237 Å². The zero-order chi connectivity index (χ0) is 28.9. The minimum absolute atomic E-state index is 0.0293. The summed E-state index contributed by atoms with van der Waals surface area (Å²) in [4.78, 5) is 13.7. The van der Waals surface area contributed by atoms with Crippen LogP contribution in [-0.2, 0) is 22.0 Å². The summed E-state index contributed by atoms with van der Waals surface area (Å²) in [5.41, 5.74) is 3.57. The van der Waals surface area contributed by atoms with E-state index >= 15 is 0 Å². The molecule has 1 atom stereocenters. The lowest BCUT2D eigenvalue weighted by atomic mass is 9.86. The van der Waals surface area contributed by atoms with E-state index in [1.54, 1.807) is 36.4 Å². The standard InChI is InChI=1S/C33H36N2O4S/c1-24(26-15-17-27(18-16-26)33(2,3)4)34-32(36)30-13-9-10-14-31(30)35(23-25-11-7-6-8-12-25)40(37,38)29-21-19-28(39-5)20-22-29/h6-22,24H,23H2,1-5H3,(H,34,36)/t24-/m0/s1. The molecule has 4 aromatic rings. The van der Waals surface area contributed by atoms with Crippen LogP contribution in [0.15, 0.2) is 108 Å². The highest BCUT2D eigenvalue weighted by atomic mass is 32.2. The smallest absolute Gasteiger partial charge is 0.264 e. The van der Waals surface area contributed by atoms with Gasteiger partial charge in [0.15, 0.2) is 0 Å². The predicted molar refractivity (Wildman–Crippen MR) is 160 cm³/mol. The second kappa shape index (κ2) is 12.0. The Morgan fingerprint density at radius 1 is 0.850 bits per heavy atom. The van der Waals surface area contributed by atoms with Crippen LogP contribution < -0.4 is 14.4 Å². The Morgan fingerprint density at radius 3 is 2.05 bits per heavy atom. The van der Waals surface area contributed by atoms with E-state index in [0.717, 1.165) is 11.1 Å². The van der Waals surface area contributed by atoms with Crippen LogP contribution in [0.25, 0.3) is 0 Å². The summed E-state index contributed by atoms with van der Waals surface area (Å²) in [5, 5.41) is 3.06. The normalized spacial score (nSPS) is 12.4. The van der Waals surface area contributed by atoms with Gasteiger partial charge < -0.3 is 10.1 Å². The fraction of sp³-hybridized carbons (Fsp3) is 0.242. The molecule has 208 valence electrons. The van der Waals surface area contributed by atoms with E-state index in [4.69, 9.17) is 4.74 Å². The van der Waals surface area contributed by atoms with Crippen LogP contribution >= 0.6 is 0 Å². The number of carbonyl (C=O) groups is 1. The van der Waals surface area contributed by atoms with Crippen LogP contribution in [0.2, 0.25) is 0 Å². The van der Waals surface area contributed by atoms with Crippen molar-refractivity contribution >= 4 is 21.6 Å². The maximum atomic E-state index is 14.0. The molecule has 7 heteroatoms. The van der Waals surface area contributed by atoms with E-state index in [1.165, 1.54) is 29.1 Å². The Bertz CT molecular complexity index is 1540. The Morgan fingerprint density at radius 2 is 1.45 bits per heavy atom. The molecule has 0 radical (unpaired) electrons. The minimum atomic E-state index is -4.03. The number of anilines is 1. The fourth-order valence-electron chi connectivity index (χ4n) is 4.44. The molecule has 0 spiro atoms. The SMILES string of the molecule is COc1ccc(S(=O)(=O)N(Cc2ccccc2)c2ccccc2C(=O)N[C@@H](C)c2ccc(C(C)(C)C)cc2)cc1. The summed E-state index contributed by atoms with van der Waals surface area (Å²) in [6.45, 7) is 8.45. The van der Waals surface area contributed by atoms with Crippen LogP contribution in [0, 0.1) is 0 Å². The molecule has 4 rings (SSSR count). The molecule has 4 aromatic carbocycles. The molecule has 0 aliphatic rings. The van der Waals surface area contributed by atoms with Crippen molar-refractivity contribution in [2.24, 2.45) is 0 Å². The van der Waals surface area contributed by atoms with Crippen LogP contribution in [0.4, 0.5) is 5.69 Å². The van der Waals surface area contributed by atoms with Gasteiger partial charge in [0.1, 0.15) is 5.75 Å². The van der Waals surface area contributed by atoms with Crippen molar-refractivity contribution in [1.29, 1.82) is 0 Å². The van der Waals surface area contributed by atoms with E-state index < -0.39 is 10.0 Å². The third kappa shape index (κ3) is 6.54. The Balaban J connectivity index is 1.69. The van der Waals surface area contributed by atoms with Gasteiger partial charge in [-0.15, -0.1) is 0 Å². The molecule has 0 unspecified atom stereocenters. The van der Waals surface area contributed by atoms with Crippen LogP contribution in [-0.4, -0.2) is 21.4 Å². The molecule has 40 heavy (non-hydrogen) atoms. The zero-order valence-electron chi connectivity index (χ0n) is 23.6. The summed E-state index contributed by atoms with van der Waals surface area (Å²) in [7, 11) is -2.51. The third-order valence-corrected chi connectivity index (χ3v) is 8.63. The fourth-order valence-corrected chi connectivity index (χ4v) is 5.91. The number of hydrogen-bond donors (Lipinski definition) is 1. The van der Waals surface area contributed by atoms with Crippen LogP contribution in [0.3, 0.4) is 0 Å². The molecule has 0 fully saturated rings. The number of para-hydroxylation sites is 1. The Kier molecular flexibility index (Phi) is 8.64. The lowest BCUT2D eigenvalue weighted by molar-refractivity contribution is 0.0940. The summed E-state index contributed by atoms with van der Waals surface area (Å²) >= 11 is 0. The molecule has 6 nitrogen and oxygen atoms in total. The van der Waals surface area contributed by atoms with Gasteiger partial charge in [-0.1, -0.05) is 87.5 Å². The third-order valence-electron chi connectivity index (χ3n) is 6.86. The van der Waals surface area contributed by atoms with Crippen LogP contribution in [0.5, 0.6) is 5.75 Å². The van der Waals surface area contributed by atoms with Gasteiger partial charge >= 0.3 is 0 Å². The first-order chi connectivity index (χ1) is 19.0. The first kappa shape index (κ1) is 28.9. The highest BCUT2D eigenvalue weighted by Crippen LogP contribution is 2.31. The number of hydrogen-bond acceptors (Lipinski definition) is 4. The van der Waals surface area contributed by atoms with Crippen molar-refractivity contribution in [3.63, 3.8) is 0 Å². The molecule has 0 aliphatic heterocycles. The van der Waals surface area contributed by atoms with E-state index in [9.17, 15) is 13.2 Å². The van der Waals surface area contributed by atoms with Gasteiger partial charge in [0.2, 0.25) is 0 Å². The lowest BCUT2D eigenvalue weighted by Gasteiger charge is -2.27. The van der Waals surface area contributed by atoms with Gasteiger partial charge in [0, 0.05) is 0 Å². The molecule has 0 aromatic heterocycles. The lowest BCUT2D eigenvalue weighted by Crippen LogP contribution is -2.34. The molecule has 0 bridgehead atoms. The van der Waals surface area contributed by atoms with E-state index in [-0.39, 0.29) is 34.4 Å². The monoisotopic (exact) mass is 556 g/mol. The molecule has 1 N–H and O–H groups in total. The largest absolute Gasteiger partial charge is 0.497 e. The van der Waals surface area contributed by atoms with Crippen molar-refractivity contribution < 1.29 is 17.9 Å². The summed E-state index contributed by atoms with van der Waals surface area (Å²) in [6.07, 6.45) is 0. The molecule has 0 aliphatic carbocycles. The second-order valence-electron chi connectivity index (χ2n) is 10.8. The molecular weight excluding hydrogens is 520 g/mol. The molecule has 0 saturated carbocycles. The number of amides is 1. The number of methoxy groups -OCH3 is 1. The maximum absolute atomic E-state index is 14.0. The average Bonchev–Trinajstić information content (AvgIpc) is 2.96. The minimum Gasteiger partial charge on any atom is -0.497 e. The van der Waals surface area contributed by atoms with Gasteiger partial charge in [-0.05, 0) is 65.4 Å². The van der Waals surface area contributed by atoms with Gasteiger partial charge in [-0.2, -0.15) is 0 Å². The van der Waals surface area contributed by atoms with Crippen molar-refractivity contribution in [3.8, 4) is 5.75 Å². The molecular formula is C33H36N2O4S. The number of carbonyl (C=O) groups excluding carboxylic acids is 1. The number of nitrogens with zero attached hydrogens (tertiary/aromatic N) is 1. The van der Waals surface area contributed by atoms with Crippen molar-refractivity contribution in [1.82, 2.24) is 5.32 Å². The highest BCUT2D eigenvalue weighted by Gasteiger charge is 2.29. The highest BCUT2D eigenvalue weighted by molar-refractivity contribution is 7.92. The van der Waals surface area contributed by atoms with Crippen molar-refractivity contribution in [2.75, 3.05) is 11.4 Å². The van der Waals surface area contributed by atoms with Gasteiger partial charge in [0.05, 0.1) is 35.8 Å². The van der Waals surface area contributed by atoms with Gasteiger partial charge in [0.25, 0.3) is 15.9 Å². The quantitative estimate of drug-likeness (QED) is 0.244. The summed E-state index contributed by atoms with van der Waals surface area (Å²) in [5.74, 6) is 0.198. The number of ether oxygens (including phenoxy) is 1. The maximum Gasteiger partial charge on any atom is 0.264 e. The number of rotatable bonds is 9. The molecule has 0 heterocycles. The first-order valence-corrected chi connectivity index (χ1v) is 14.7.